The zero-order valence-electron chi connectivity index (χ0n) is 10.0. The van der Waals surface area contributed by atoms with Crippen LogP contribution >= 0.6 is 11.6 Å². The first kappa shape index (κ1) is 13.2. The smallest absolute Gasteiger partial charge is 0.140 e. The Bertz CT molecular complexity index is 374. The summed E-state index contributed by atoms with van der Waals surface area (Å²) in [6, 6.07) is 0. The fourth-order valence-corrected chi connectivity index (χ4v) is 1.78. The summed E-state index contributed by atoms with van der Waals surface area (Å²) in [6.45, 7) is 5.48. The summed E-state index contributed by atoms with van der Waals surface area (Å²) in [5.41, 5.74) is 1.58. The number of halogens is 1. The van der Waals surface area contributed by atoms with E-state index in [4.69, 9.17) is 11.6 Å². The fourth-order valence-electron chi connectivity index (χ4n) is 1.55. The highest BCUT2D eigenvalue weighted by Crippen LogP contribution is 2.20. The second-order valence-electron chi connectivity index (χ2n) is 3.79. The molecule has 0 spiro atoms. The molecule has 0 aliphatic heterocycles. The van der Waals surface area contributed by atoms with Gasteiger partial charge < -0.3 is 5.32 Å². The van der Waals surface area contributed by atoms with Crippen LogP contribution in [0.15, 0.2) is 0 Å². The molecule has 1 heterocycles. The van der Waals surface area contributed by atoms with Gasteiger partial charge in [-0.15, -0.1) is 0 Å². The number of aryl methyl sites for hydroxylation is 2. The fraction of sp³-hybridized carbons (Fsp3) is 0.636. The molecular weight excluding hydrogens is 226 g/mol. The van der Waals surface area contributed by atoms with Gasteiger partial charge in [-0.25, -0.2) is 0 Å². The van der Waals surface area contributed by atoms with E-state index < -0.39 is 0 Å². The molecule has 0 saturated carbocycles. The molecule has 0 unspecified atom stereocenters. The largest absolute Gasteiger partial charge is 0.317 e. The lowest BCUT2D eigenvalue weighted by Gasteiger charge is -2.03. The van der Waals surface area contributed by atoms with Crippen molar-refractivity contribution in [2.45, 2.75) is 26.7 Å². The summed E-state index contributed by atoms with van der Waals surface area (Å²) in [5.74, 6) is 0.186. The zero-order chi connectivity index (χ0) is 12.1. The van der Waals surface area contributed by atoms with Crippen molar-refractivity contribution in [3.05, 3.63) is 16.4 Å². The van der Waals surface area contributed by atoms with Gasteiger partial charge in [0, 0.05) is 26.4 Å². The van der Waals surface area contributed by atoms with Crippen LogP contribution in [0, 0.1) is 6.92 Å². The molecule has 0 aliphatic carbocycles. The third-order valence-corrected chi connectivity index (χ3v) is 2.95. The van der Waals surface area contributed by atoms with Crippen LogP contribution < -0.4 is 5.32 Å². The van der Waals surface area contributed by atoms with Crippen LogP contribution in [0.25, 0.3) is 0 Å². The molecule has 1 N–H and O–H groups in total. The van der Waals surface area contributed by atoms with Crippen molar-refractivity contribution in [1.82, 2.24) is 15.1 Å². The molecule has 1 aromatic heterocycles. The minimum Gasteiger partial charge on any atom is -0.317 e. The van der Waals surface area contributed by atoms with Gasteiger partial charge in [0.15, 0.2) is 0 Å². The average molecular weight is 244 g/mol. The molecule has 1 aromatic rings. The third-order valence-electron chi connectivity index (χ3n) is 2.46. The molecule has 0 saturated heterocycles. The first-order chi connectivity index (χ1) is 7.56. The first-order valence-electron chi connectivity index (χ1n) is 5.46. The lowest BCUT2D eigenvalue weighted by Crippen LogP contribution is -2.19. The van der Waals surface area contributed by atoms with Gasteiger partial charge in [0.05, 0.1) is 16.4 Å². The molecule has 0 atom stereocenters. The Labute approximate surface area is 101 Å². The van der Waals surface area contributed by atoms with E-state index in [0.29, 0.717) is 17.9 Å². The van der Waals surface area contributed by atoms with Crippen molar-refractivity contribution in [3.8, 4) is 0 Å². The number of Topliss-reactive ketones (excluding diaryl/α,β-unsaturated/α-hetero) is 1. The van der Waals surface area contributed by atoms with E-state index in [1.807, 2.05) is 20.9 Å². The van der Waals surface area contributed by atoms with Crippen LogP contribution in [0.1, 0.15) is 24.7 Å². The number of nitrogens with one attached hydrogen (secondary N) is 1. The van der Waals surface area contributed by atoms with Gasteiger partial charge in [0.2, 0.25) is 0 Å². The maximum atomic E-state index is 11.7. The van der Waals surface area contributed by atoms with Crippen LogP contribution in [0.4, 0.5) is 0 Å². The zero-order valence-corrected chi connectivity index (χ0v) is 10.8. The number of carbonyl (C=O) groups excluding carboxylic acids is 1. The van der Waals surface area contributed by atoms with Crippen LogP contribution in [0.3, 0.4) is 0 Å². The second-order valence-corrected chi connectivity index (χ2v) is 4.17. The molecule has 90 valence electrons. The van der Waals surface area contributed by atoms with Gasteiger partial charge in [-0.05, 0) is 13.5 Å². The summed E-state index contributed by atoms with van der Waals surface area (Å²) < 4.78 is 1.68. The lowest BCUT2D eigenvalue weighted by atomic mass is 10.1. The molecule has 0 fully saturated rings. The second kappa shape index (κ2) is 6.01. The van der Waals surface area contributed by atoms with E-state index in [-0.39, 0.29) is 5.78 Å². The summed E-state index contributed by atoms with van der Waals surface area (Å²) >= 11 is 6.07. The molecule has 0 radical (unpaired) electrons. The number of hydrogen-bond donors (Lipinski definition) is 1. The summed E-state index contributed by atoms with van der Waals surface area (Å²) in [5, 5.41) is 7.91. The monoisotopic (exact) mass is 243 g/mol. The maximum absolute atomic E-state index is 11.7. The number of ketones is 1. The van der Waals surface area contributed by atoms with Crippen LogP contribution in [0.5, 0.6) is 0 Å². The van der Waals surface area contributed by atoms with Gasteiger partial charge >= 0.3 is 0 Å². The summed E-state index contributed by atoms with van der Waals surface area (Å²) in [6.07, 6.45) is 0.899. The standard InChI is InChI=1S/C11H18ClN3O/c1-4-13-6-5-9(16)7-10-11(12)8(2)14-15(10)3/h13H,4-7H2,1-3H3. The van der Waals surface area contributed by atoms with Gasteiger partial charge in [0.1, 0.15) is 5.78 Å². The third kappa shape index (κ3) is 3.32. The Morgan fingerprint density at radius 1 is 1.56 bits per heavy atom. The van der Waals surface area contributed by atoms with Crippen LogP contribution in [-0.4, -0.2) is 28.7 Å². The maximum Gasteiger partial charge on any atom is 0.140 e. The van der Waals surface area contributed by atoms with E-state index in [1.165, 1.54) is 0 Å². The molecule has 4 nitrogen and oxygen atoms in total. The Kier molecular flexibility index (Phi) is 4.96. The SMILES string of the molecule is CCNCCC(=O)Cc1c(Cl)c(C)nn1C. The van der Waals surface area contributed by atoms with Crippen LogP contribution in [-0.2, 0) is 18.3 Å². The average Bonchev–Trinajstić information content (AvgIpc) is 2.46. The Hall–Kier alpha value is -0.870. The van der Waals surface area contributed by atoms with Gasteiger partial charge in [-0.2, -0.15) is 5.10 Å². The van der Waals surface area contributed by atoms with E-state index in [2.05, 4.69) is 10.4 Å². The normalized spacial score (nSPS) is 10.8. The molecule has 1 rings (SSSR count). The van der Waals surface area contributed by atoms with Crippen LogP contribution in [0.2, 0.25) is 5.02 Å². The Balaban J connectivity index is 2.56. The molecule has 0 amide bonds. The Morgan fingerprint density at radius 2 is 2.25 bits per heavy atom. The molecule has 5 heteroatoms. The van der Waals surface area contributed by atoms with Crippen molar-refractivity contribution in [1.29, 1.82) is 0 Å². The first-order valence-corrected chi connectivity index (χ1v) is 5.84. The highest BCUT2D eigenvalue weighted by Gasteiger charge is 2.14. The quantitative estimate of drug-likeness (QED) is 0.771. The van der Waals surface area contributed by atoms with Gasteiger partial charge in [-0.1, -0.05) is 18.5 Å². The van der Waals surface area contributed by atoms with Gasteiger partial charge in [0.25, 0.3) is 0 Å². The van der Waals surface area contributed by atoms with E-state index >= 15 is 0 Å². The lowest BCUT2D eigenvalue weighted by molar-refractivity contribution is -0.118. The molecule has 16 heavy (non-hydrogen) atoms. The van der Waals surface area contributed by atoms with Crippen molar-refractivity contribution in [2.75, 3.05) is 13.1 Å². The van der Waals surface area contributed by atoms with Crippen molar-refractivity contribution < 1.29 is 4.79 Å². The minimum atomic E-state index is 0.186. The molecule has 0 aromatic carbocycles. The topological polar surface area (TPSA) is 46.9 Å². The number of aromatic nitrogens is 2. The number of hydrogen-bond acceptors (Lipinski definition) is 3. The molecule has 0 bridgehead atoms. The van der Waals surface area contributed by atoms with Crippen molar-refractivity contribution >= 4 is 17.4 Å². The Morgan fingerprint density at radius 3 is 2.75 bits per heavy atom. The minimum absolute atomic E-state index is 0.186. The molecular formula is C11H18ClN3O. The number of nitrogens with zero attached hydrogens (tertiary/aromatic N) is 2. The summed E-state index contributed by atoms with van der Waals surface area (Å²) in [4.78, 5) is 11.7. The summed E-state index contributed by atoms with van der Waals surface area (Å²) in [7, 11) is 1.81. The number of carbonyl (C=O) groups is 1. The van der Waals surface area contributed by atoms with E-state index in [1.54, 1.807) is 4.68 Å². The highest BCUT2D eigenvalue weighted by molar-refractivity contribution is 6.32. The van der Waals surface area contributed by atoms with E-state index in [0.717, 1.165) is 24.5 Å². The highest BCUT2D eigenvalue weighted by atomic mass is 35.5. The number of rotatable bonds is 6. The molecule has 0 aliphatic rings. The van der Waals surface area contributed by atoms with E-state index in [9.17, 15) is 4.79 Å². The van der Waals surface area contributed by atoms with Gasteiger partial charge in [-0.3, -0.25) is 9.48 Å². The predicted octanol–water partition coefficient (Wildman–Crippen LogP) is 1.49. The van der Waals surface area contributed by atoms with Crippen molar-refractivity contribution in [2.24, 2.45) is 7.05 Å². The predicted molar refractivity (Wildman–Crippen MR) is 64.8 cm³/mol. The van der Waals surface area contributed by atoms with Crippen molar-refractivity contribution in [3.63, 3.8) is 0 Å².